The normalized spacial score (nSPS) is 13.9. The number of hydrogen-bond acceptors (Lipinski definition) is 5. The number of aromatic nitrogens is 2. The van der Waals surface area contributed by atoms with Crippen molar-refractivity contribution in [3.8, 4) is 22.0 Å². The van der Waals surface area contributed by atoms with E-state index in [0.717, 1.165) is 22.0 Å². The van der Waals surface area contributed by atoms with E-state index in [9.17, 15) is 9.59 Å². The summed E-state index contributed by atoms with van der Waals surface area (Å²) in [6.07, 6.45) is 3.86. The number of furan rings is 1. The summed E-state index contributed by atoms with van der Waals surface area (Å²) in [5, 5.41) is 1.75. The molecule has 0 saturated carbocycles. The summed E-state index contributed by atoms with van der Waals surface area (Å²) in [6.45, 7) is 2.00. The standard InChI is InChI=1S/C28H24N4O3S/c33-24(17-20-18-29-22-10-5-4-9-21(20)22)31-12-14-32(15-13-31)28(34)26-25(19-7-2-1-3-8-19)30-27(36-26)23-11-6-16-35-23/h1-11,16,18,29H,12-15,17H2. The van der Waals surface area contributed by atoms with Crippen LogP contribution >= 0.6 is 11.3 Å². The fourth-order valence-electron chi connectivity index (χ4n) is 4.62. The van der Waals surface area contributed by atoms with Gasteiger partial charge in [0.05, 0.1) is 18.4 Å². The molecule has 0 unspecified atom stereocenters. The van der Waals surface area contributed by atoms with E-state index in [1.807, 2.05) is 82.7 Å². The number of carbonyl (C=O) groups excluding carboxylic acids is 2. The van der Waals surface area contributed by atoms with Crippen molar-refractivity contribution in [1.29, 1.82) is 0 Å². The fourth-order valence-corrected chi connectivity index (χ4v) is 5.64. The Morgan fingerprint density at radius 1 is 0.917 bits per heavy atom. The molecule has 3 aromatic heterocycles. The molecule has 0 bridgehead atoms. The third kappa shape index (κ3) is 4.20. The van der Waals surface area contributed by atoms with E-state index in [0.29, 0.717) is 53.9 Å². The third-order valence-corrected chi connectivity index (χ3v) is 7.59. The van der Waals surface area contributed by atoms with Crippen molar-refractivity contribution < 1.29 is 14.0 Å². The van der Waals surface area contributed by atoms with Gasteiger partial charge in [-0.25, -0.2) is 4.98 Å². The van der Waals surface area contributed by atoms with Crippen LogP contribution in [0.3, 0.4) is 0 Å². The van der Waals surface area contributed by atoms with Gasteiger partial charge in [0.25, 0.3) is 5.91 Å². The predicted molar refractivity (Wildman–Crippen MR) is 140 cm³/mol. The number of hydrogen-bond donors (Lipinski definition) is 1. The number of fused-ring (bicyclic) bond motifs is 1. The van der Waals surface area contributed by atoms with Crippen LogP contribution in [0.5, 0.6) is 0 Å². The minimum absolute atomic E-state index is 0.0621. The quantitative estimate of drug-likeness (QED) is 0.368. The maximum atomic E-state index is 13.6. The van der Waals surface area contributed by atoms with Crippen LogP contribution in [0.1, 0.15) is 15.2 Å². The number of thiazole rings is 1. The van der Waals surface area contributed by atoms with E-state index in [-0.39, 0.29) is 11.8 Å². The molecule has 2 aromatic carbocycles. The van der Waals surface area contributed by atoms with Gasteiger partial charge in [-0.05, 0) is 23.8 Å². The summed E-state index contributed by atoms with van der Waals surface area (Å²) < 4.78 is 5.54. The molecular weight excluding hydrogens is 472 g/mol. The molecule has 1 aliphatic rings. The summed E-state index contributed by atoms with van der Waals surface area (Å²) in [5.74, 6) is 0.659. The van der Waals surface area contributed by atoms with Crippen LogP contribution < -0.4 is 0 Å². The van der Waals surface area contributed by atoms with E-state index in [2.05, 4.69) is 4.98 Å². The Kier molecular flexibility index (Phi) is 5.87. The van der Waals surface area contributed by atoms with Crippen LogP contribution in [0.25, 0.3) is 32.9 Å². The first kappa shape index (κ1) is 22.3. The summed E-state index contributed by atoms with van der Waals surface area (Å²) >= 11 is 1.34. The highest BCUT2D eigenvalue weighted by Crippen LogP contribution is 2.35. The summed E-state index contributed by atoms with van der Waals surface area (Å²) in [4.78, 5) is 38.9. The number of carbonyl (C=O) groups is 2. The molecule has 1 aliphatic heterocycles. The Morgan fingerprint density at radius 3 is 2.44 bits per heavy atom. The first-order valence-corrected chi connectivity index (χ1v) is 12.7. The second-order valence-electron chi connectivity index (χ2n) is 8.75. The van der Waals surface area contributed by atoms with Crippen molar-refractivity contribution >= 4 is 34.1 Å². The van der Waals surface area contributed by atoms with Crippen molar-refractivity contribution in [3.05, 3.63) is 89.6 Å². The molecule has 1 N–H and O–H groups in total. The van der Waals surface area contributed by atoms with Gasteiger partial charge in [-0.15, -0.1) is 11.3 Å². The Morgan fingerprint density at radius 2 is 1.67 bits per heavy atom. The van der Waals surface area contributed by atoms with Crippen LogP contribution in [-0.4, -0.2) is 57.8 Å². The minimum Gasteiger partial charge on any atom is -0.462 e. The molecule has 0 radical (unpaired) electrons. The fraction of sp³-hybridized carbons (Fsp3) is 0.179. The second kappa shape index (κ2) is 9.47. The lowest BCUT2D eigenvalue weighted by atomic mass is 10.1. The number of nitrogens with one attached hydrogen (secondary N) is 1. The maximum Gasteiger partial charge on any atom is 0.266 e. The minimum atomic E-state index is -0.0621. The summed E-state index contributed by atoms with van der Waals surface area (Å²) in [5.41, 5.74) is 3.58. The summed E-state index contributed by atoms with van der Waals surface area (Å²) in [7, 11) is 0. The number of benzene rings is 2. The molecule has 1 fully saturated rings. The van der Waals surface area contributed by atoms with E-state index in [1.54, 1.807) is 6.26 Å². The number of piperazine rings is 1. The van der Waals surface area contributed by atoms with Gasteiger partial charge in [0.15, 0.2) is 10.8 Å². The maximum absolute atomic E-state index is 13.6. The highest BCUT2D eigenvalue weighted by atomic mass is 32.1. The topological polar surface area (TPSA) is 82.4 Å². The zero-order valence-electron chi connectivity index (χ0n) is 19.5. The molecule has 8 heteroatoms. The van der Waals surface area contributed by atoms with Gasteiger partial charge >= 0.3 is 0 Å². The number of nitrogens with zero attached hydrogens (tertiary/aromatic N) is 3. The SMILES string of the molecule is O=C(Cc1c[nH]c2ccccc12)N1CCN(C(=O)c2sc(-c3ccco3)nc2-c2ccccc2)CC1. The molecule has 1 saturated heterocycles. The zero-order chi connectivity index (χ0) is 24.5. The van der Waals surface area contributed by atoms with Gasteiger partial charge < -0.3 is 19.2 Å². The van der Waals surface area contributed by atoms with E-state index < -0.39 is 0 Å². The molecule has 7 nitrogen and oxygen atoms in total. The molecular formula is C28H24N4O3S. The van der Waals surface area contributed by atoms with E-state index in [1.165, 1.54) is 11.3 Å². The first-order valence-electron chi connectivity index (χ1n) is 11.9. The predicted octanol–water partition coefficient (Wildman–Crippen LogP) is 5.08. The molecule has 5 aromatic rings. The van der Waals surface area contributed by atoms with Gasteiger partial charge in [-0.3, -0.25) is 9.59 Å². The average Bonchev–Trinajstić information content (AvgIpc) is 3.69. The van der Waals surface area contributed by atoms with Crippen LogP contribution in [0.4, 0.5) is 0 Å². The van der Waals surface area contributed by atoms with Crippen LogP contribution in [-0.2, 0) is 11.2 Å². The molecule has 180 valence electrons. The number of rotatable bonds is 5. The van der Waals surface area contributed by atoms with Crippen molar-refractivity contribution in [2.75, 3.05) is 26.2 Å². The molecule has 0 aliphatic carbocycles. The van der Waals surface area contributed by atoms with Crippen LogP contribution in [0.2, 0.25) is 0 Å². The molecule has 2 amide bonds. The number of para-hydroxylation sites is 1. The summed E-state index contributed by atoms with van der Waals surface area (Å²) in [6, 6.07) is 21.4. The Balaban J connectivity index is 1.17. The molecule has 4 heterocycles. The van der Waals surface area contributed by atoms with Gasteiger partial charge in [0.1, 0.15) is 4.88 Å². The Bertz CT molecular complexity index is 1510. The van der Waals surface area contributed by atoms with E-state index >= 15 is 0 Å². The highest BCUT2D eigenvalue weighted by Gasteiger charge is 2.29. The van der Waals surface area contributed by atoms with E-state index in [4.69, 9.17) is 9.40 Å². The molecule has 6 rings (SSSR count). The molecule has 0 spiro atoms. The molecule has 36 heavy (non-hydrogen) atoms. The lowest BCUT2D eigenvalue weighted by molar-refractivity contribution is -0.131. The lowest BCUT2D eigenvalue weighted by Crippen LogP contribution is -2.50. The number of aromatic amines is 1. The smallest absolute Gasteiger partial charge is 0.266 e. The highest BCUT2D eigenvalue weighted by molar-refractivity contribution is 7.17. The third-order valence-electron chi connectivity index (χ3n) is 6.54. The van der Waals surface area contributed by atoms with Crippen molar-refractivity contribution in [2.24, 2.45) is 0 Å². The van der Waals surface area contributed by atoms with Gasteiger partial charge in [0, 0.05) is 48.8 Å². The van der Waals surface area contributed by atoms with Crippen molar-refractivity contribution in [1.82, 2.24) is 19.8 Å². The average molecular weight is 497 g/mol. The largest absolute Gasteiger partial charge is 0.462 e. The van der Waals surface area contributed by atoms with Crippen molar-refractivity contribution in [3.63, 3.8) is 0 Å². The monoisotopic (exact) mass is 496 g/mol. The van der Waals surface area contributed by atoms with Crippen LogP contribution in [0.15, 0.2) is 83.6 Å². The number of H-pyrrole nitrogens is 1. The number of amides is 2. The first-order chi connectivity index (χ1) is 17.7. The van der Waals surface area contributed by atoms with Gasteiger partial charge in [0.2, 0.25) is 5.91 Å². The lowest BCUT2D eigenvalue weighted by Gasteiger charge is -2.34. The van der Waals surface area contributed by atoms with Crippen molar-refractivity contribution in [2.45, 2.75) is 6.42 Å². The Labute approximate surface area is 212 Å². The van der Waals surface area contributed by atoms with Crippen LogP contribution in [0, 0.1) is 0 Å². The van der Waals surface area contributed by atoms with Gasteiger partial charge in [-0.1, -0.05) is 48.5 Å². The molecule has 0 atom stereocenters. The zero-order valence-corrected chi connectivity index (χ0v) is 20.3. The van der Waals surface area contributed by atoms with Gasteiger partial charge in [-0.2, -0.15) is 0 Å². The Hall–Kier alpha value is -4.17. The second-order valence-corrected chi connectivity index (χ2v) is 9.75.